The number of H-pyrrole nitrogens is 1. The third-order valence-corrected chi connectivity index (χ3v) is 8.16. The Labute approximate surface area is 227 Å². The number of aromatic amines is 1. The van der Waals surface area contributed by atoms with Crippen molar-refractivity contribution in [1.82, 2.24) is 30.1 Å². The molecule has 204 valence electrons. The summed E-state index contributed by atoms with van der Waals surface area (Å²) in [6.07, 6.45) is 5.69. The van der Waals surface area contributed by atoms with Crippen LogP contribution in [0.5, 0.6) is 11.5 Å². The number of piperazine rings is 1. The highest BCUT2D eigenvalue weighted by molar-refractivity contribution is 5.80. The number of nitrogens with one attached hydrogen (secondary N) is 1. The Morgan fingerprint density at radius 2 is 1.74 bits per heavy atom. The summed E-state index contributed by atoms with van der Waals surface area (Å²) < 4.78 is 13.1. The molecule has 1 saturated carbocycles. The van der Waals surface area contributed by atoms with Gasteiger partial charge in [-0.15, -0.1) is 5.10 Å². The molecule has 2 aromatic heterocycles. The first kappa shape index (κ1) is 25.4. The summed E-state index contributed by atoms with van der Waals surface area (Å²) >= 11 is 0. The predicted octanol–water partition coefficient (Wildman–Crippen LogP) is 3.95. The van der Waals surface area contributed by atoms with E-state index in [1.807, 2.05) is 47.1 Å². The van der Waals surface area contributed by atoms with Crippen LogP contribution in [0.15, 0.2) is 53.3 Å². The summed E-state index contributed by atoms with van der Waals surface area (Å²) in [5.74, 6) is 2.35. The van der Waals surface area contributed by atoms with Gasteiger partial charge in [0.2, 0.25) is 0 Å². The van der Waals surface area contributed by atoms with Gasteiger partial charge in [0.25, 0.3) is 5.56 Å². The SMILES string of the molecule is COc1ccc2[nH]c(=O)c([C@@H](c3nnnn3C3CCCCC3)N3CCN(c4ccccc4OC)CC3)cc2c1. The Bertz CT molecular complexity index is 1490. The second-order valence-corrected chi connectivity index (χ2v) is 10.4. The lowest BCUT2D eigenvalue weighted by Gasteiger charge is -2.40. The lowest BCUT2D eigenvalue weighted by atomic mass is 9.95. The minimum atomic E-state index is -0.374. The standard InChI is InChI=1S/C29H35N7O3/c1-38-22-12-13-24-20(18-22)19-23(29(37)30-24)27(28-31-32-33-36(28)21-8-4-3-5-9-21)35-16-14-34(15-17-35)25-10-6-7-11-26(25)39-2/h6-7,10-13,18-19,21,27H,3-5,8-9,14-17H2,1-2H3,(H,30,37)/t27-/m0/s1. The highest BCUT2D eigenvalue weighted by atomic mass is 16.5. The smallest absolute Gasteiger partial charge is 0.253 e. The van der Waals surface area contributed by atoms with Crippen molar-refractivity contribution in [2.45, 2.75) is 44.2 Å². The zero-order valence-electron chi connectivity index (χ0n) is 22.5. The number of aromatic nitrogens is 5. The minimum absolute atomic E-state index is 0.122. The lowest BCUT2D eigenvalue weighted by Crippen LogP contribution is -2.49. The normalized spacial score (nSPS) is 17.8. The number of anilines is 1. The van der Waals surface area contributed by atoms with Gasteiger partial charge in [-0.2, -0.15) is 0 Å². The van der Waals surface area contributed by atoms with Gasteiger partial charge in [-0.1, -0.05) is 31.4 Å². The monoisotopic (exact) mass is 529 g/mol. The Kier molecular flexibility index (Phi) is 7.19. The molecule has 1 saturated heterocycles. The first-order chi connectivity index (χ1) is 19.2. The van der Waals surface area contributed by atoms with Crippen LogP contribution in [0.4, 0.5) is 5.69 Å². The highest BCUT2D eigenvalue weighted by Gasteiger charge is 2.34. The average Bonchev–Trinajstić information content (AvgIpc) is 3.47. The second-order valence-electron chi connectivity index (χ2n) is 10.4. The van der Waals surface area contributed by atoms with Crippen LogP contribution in [-0.2, 0) is 0 Å². The van der Waals surface area contributed by atoms with E-state index in [0.717, 1.165) is 72.9 Å². The largest absolute Gasteiger partial charge is 0.497 e. The van der Waals surface area contributed by atoms with Gasteiger partial charge in [0.1, 0.15) is 17.5 Å². The lowest BCUT2D eigenvalue weighted by molar-refractivity contribution is 0.192. The van der Waals surface area contributed by atoms with Gasteiger partial charge >= 0.3 is 0 Å². The quantitative estimate of drug-likeness (QED) is 0.384. The molecule has 1 aliphatic heterocycles. The van der Waals surface area contributed by atoms with Crippen LogP contribution in [0.1, 0.15) is 55.6 Å². The van der Waals surface area contributed by atoms with E-state index in [1.54, 1.807) is 14.2 Å². The molecular weight excluding hydrogens is 494 g/mol. The molecule has 1 N–H and O–H groups in total. The topological polar surface area (TPSA) is 101 Å². The Morgan fingerprint density at radius 1 is 0.949 bits per heavy atom. The van der Waals surface area contributed by atoms with Crippen LogP contribution >= 0.6 is 0 Å². The molecule has 0 spiro atoms. The maximum absolute atomic E-state index is 13.6. The second kappa shape index (κ2) is 11.1. The molecule has 10 nitrogen and oxygen atoms in total. The summed E-state index contributed by atoms with van der Waals surface area (Å²) in [6.45, 7) is 3.08. The van der Waals surface area contributed by atoms with Gasteiger partial charge in [0, 0.05) is 42.6 Å². The summed E-state index contributed by atoms with van der Waals surface area (Å²) in [5, 5.41) is 14.0. The van der Waals surface area contributed by atoms with Gasteiger partial charge in [-0.3, -0.25) is 9.69 Å². The van der Waals surface area contributed by atoms with Crippen LogP contribution < -0.4 is 19.9 Å². The molecule has 2 fully saturated rings. The molecule has 0 bridgehead atoms. The van der Waals surface area contributed by atoms with Crippen molar-refractivity contribution in [2.24, 2.45) is 0 Å². The van der Waals surface area contributed by atoms with E-state index in [2.05, 4.69) is 36.4 Å². The van der Waals surface area contributed by atoms with Gasteiger partial charge in [0.05, 0.1) is 25.9 Å². The molecule has 39 heavy (non-hydrogen) atoms. The Balaban J connectivity index is 1.39. The summed E-state index contributed by atoms with van der Waals surface area (Å²) in [6, 6.07) is 15.7. The number of hydrogen-bond acceptors (Lipinski definition) is 8. The molecule has 2 aliphatic rings. The zero-order valence-corrected chi connectivity index (χ0v) is 22.5. The Morgan fingerprint density at radius 3 is 2.51 bits per heavy atom. The maximum atomic E-state index is 13.6. The fraction of sp³-hybridized carbons (Fsp3) is 0.448. The highest BCUT2D eigenvalue weighted by Crippen LogP contribution is 2.35. The molecule has 1 atom stereocenters. The summed E-state index contributed by atoms with van der Waals surface area (Å²) in [4.78, 5) is 21.4. The van der Waals surface area contributed by atoms with E-state index in [9.17, 15) is 4.79 Å². The number of rotatable bonds is 7. The summed E-state index contributed by atoms with van der Waals surface area (Å²) in [7, 11) is 3.35. The van der Waals surface area contributed by atoms with Gasteiger partial charge in [0.15, 0.2) is 5.82 Å². The zero-order chi connectivity index (χ0) is 26.8. The number of fused-ring (bicyclic) bond motifs is 1. The molecule has 0 unspecified atom stereocenters. The van der Waals surface area contributed by atoms with Crippen molar-refractivity contribution >= 4 is 16.6 Å². The van der Waals surface area contributed by atoms with E-state index in [1.165, 1.54) is 19.3 Å². The van der Waals surface area contributed by atoms with E-state index in [0.29, 0.717) is 5.56 Å². The number of benzene rings is 2. The van der Waals surface area contributed by atoms with Crippen molar-refractivity contribution in [3.63, 3.8) is 0 Å². The van der Waals surface area contributed by atoms with Crippen LogP contribution in [0.3, 0.4) is 0 Å². The third-order valence-electron chi connectivity index (χ3n) is 8.16. The summed E-state index contributed by atoms with van der Waals surface area (Å²) in [5.41, 5.74) is 2.38. The fourth-order valence-electron chi connectivity index (χ4n) is 6.11. The molecule has 0 amide bonds. The first-order valence-electron chi connectivity index (χ1n) is 13.8. The van der Waals surface area contributed by atoms with E-state index >= 15 is 0 Å². The number of ether oxygens (including phenoxy) is 2. The number of tetrazole rings is 1. The van der Waals surface area contributed by atoms with Crippen LogP contribution in [-0.4, -0.2) is 70.5 Å². The molecule has 10 heteroatoms. The molecule has 4 aromatic rings. The molecule has 1 aliphatic carbocycles. The van der Waals surface area contributed by atoms with Crippen molar-refractivity contribution in [3.05, 3.63) is 70.3 Å². The van der Waals surface area contributed by atoms with Crippen LogP contribution in [0, 0.1) is 0 Å². The van der Waals surface area contributed by atoms with E-state index in [4.69, 9.17) is 9.47 Å². The average molecular weight is 530 g/mol. The third kappa shape index (κ3) is 4.96. The number of nitrogens with zero attached hydrogens (tertiary/aromatic N) is 6. The molecular formula is C29H35N7O3. The first-order valence-corrected chi connectivity index (χ1v) is 13.8. The predicted molar refractivity (Wildman–Crippen MR) is 150 cm³/mol. The van der Waals surface area contributed by atoms with Gasteiger partial charge in [-0.25, -0.2) is 4.68 Å². The maximum Gasteiger partial charge on any atom is 0.253 e. The van der Waals surface area contributed by atoms with Crippen molar-refractivity contribution in [1.29, 1.82) is 0 Å². The number of pyridine rings is 1. The van der Waals surface area contributed by atoms with E-state index in [-0.39, 0.29) is 17.6 Å². The molecule has 3 heterocycles. The number of hydrogen-bond donors (Lipinski definition) is 1. The number of methoxy groups -OCH3 is 2. The Hall–Kier alpha value is -3.92. The van der Waals surface area contributed by atoms with Gasteiger partial charge < -0.3 is 19.4 Å². The fourth-order valence-corrected chi connectivity index (χ4v) is 6.11. The van der Waals surface area contributed by atoms with Crippen LogP contribution in [0.2, 0.25) is 0 Å². The van der Waals surface area contributed by atoms with Crippen molar-refractivity contribution in [3.8, 4) is 11.5 Å². The minimum Gasteiger partial charge on any atom is -0.497 e. The van der Waals surface area contributed by atoms with Crippen LogP contribution in [0.25, 0.3) is 10.9 Å². The van der Waals surface area contributed by atoms with Crippen molar-refractivity contribution in [2.75, 3.05) is 45.3 Å². The molecule has 2 aromatic carbocycles. The van der Waals surface area contributed by atoms with Crippen molar-refractivity contribution < 1.29 is 9.47 Å². The molecule has 0 radical (unpaired) electrons. The van der Waals surface area contributed by atoms with E-state index < -0.39 is 0 Å². The van der Waals surface area contributed by atoms with Gasteiger partial charge in [-0.05, 0) is 59.7 Å². The number of para-hydroxylation sites is 2. The molecule has 6 rings (SSSR count).